The monoisotopic (exact) mass is 342 g/mol. The van der Waals surface area contributed by atoms with E-state index in [1.165, 1.54) is 6.07 Å². The molecule has 6 nitrogen and oxygen atoms in total. The molecule has 0 saturated heterocycles. The molecule has 1 atom stereocenters. The van der Waals surface area contributed by atoms with Crippen LogP contribution >= 0.6 is 0 Å². The molecule has 1 amide bonds. The van der Waals surface area contributed by atoms with E-state index in [1.54, 1.807) is 13.0 Å². The van der Waals surface area contributed by atoms with Gasteiger partial charge in [0.05, 0.1) is 17.6 Å². The number of benzene rings is 2. The second-order valence-corrected chi connectivity index (χ2v) is 6.02. The molecule has 2 aromatic carbocycles. The fraction of sp³-hybridized carbons (Fsp3) is 0.316. The number of ether oxygens (including phenoxy) is 1. The Morgan fingerprint density at radius 1 is 1.24 bits per heavy atom. The van der Waals surface area contributed by atoms with Crippen molar-refractivity contribution in [1.82, 2.24) is 0 Å². The summed E-state index contributed by atoms with van der Waals surface area (Å²) in [7, 11) is 0. The fourth-order valence-corrected chi connectivity index (χ4v) is 2.70. The Hall–Kier alpha value is -2.73. The molecule has 0 aromatic heterocycles. The standard InChI is InChI=1S/C19H22N2O4/c1-13-8-10-17(19(20)22)18(21(23)24)16(13)11-9-14(2)25-12-15-6-4-3-5-7-15/h3-8,10,14H,9,11-12H2,1-2H3,(H2,20,22). The minimum Gasteiger partial charge on any atom is -0.374 e. The van der Waals surface area contributed by atoms with Gasteiger partial charge in [0.1, 0.15) is 5.56 Å². The molecule has 2 aromatic rings. The van der Waals surface area contributed by atoms with Crippen molar-refractivity contribution in [2.45, 2.75) is 39.4 Å². The van der Waals surface area contributed by atoms with Gasteiger partial charge in [-0.15, -0.1) is 0 Å². The number of primary amides is 1. The van der Waals surface area contributed by atoms with Gasteiger partial charge in [0, 0.05) is 5.56 Å². The van der Waals surface area contributed by atoms with Crippen molar-refractivity contribution in [2.24, 2.45) is 5.73 Å². The summed E-state index contributed by atoms with van der Waals surface area (Å²) in [6, 6.07) is 12.9. The van der Waals surface area contributed by atoms with Gasteiger partial charge in [-0.25, -0.2) is 0 Å². The molecule has 0 radical (unpaired) electrons. The smallest absolute Gasteiger partial charge is 0.285 e. The molecule has 0 aliphatic rings. The molecule has 1 unspecified atom stereocenters. The number of nitrogens with two attached hydrogens (primary N) is 1. The third kappa shape index (κ3) is 4.87. The van der Waals surface area contributed by atoms with E-state index in [-0.39, 0.29) is 17.4 Å². The van der Waals surface area contributed by atoms with Gasteiger partial charge in [0.25, 0.3) is 11.6 Å². The lowest BCUT2D eigenvalue weighted by Gasteiger charge is -2.15. The zero-order valence-electron chi connectivity index (χ0n) is 14.4. The summed E-state index contributed by atoms with van der Waals surface area (Å²) in [4.78, 5) is 22.4. The van der Waals surface area contributed by atoms with Gasteiger partial charge in [-0.2, -0.15) is 0 Å². The van der Waals surface area contributed by atoms with Gasteiger partial charge in [-0.05, 0) is 43.9 Å². The maximum atomic E-state index is 11.5. The second kappa shape index (κ2) is 8.39. The first-order valence-corrected chi connectivity index (χ1v) is 8.12. The van der Waals surface area contributed by atoms with E-state index in [0.717, 1.165) is 11.1 Å². The molecule has 0 heterocycles. The molecule has 0 aliphatic heterocycles. The highest BCUT2D eigenvalue weighted by molar-refractivity contribution is 5.97. The van der Waals surface area contributed by atoms with Crippen LogP contribution in [0.5, 0.6) is 0 Å². The minimum absolute atomic E-state index is 0.0524. The zero-order valence-corrected chi connectivity index (χ0v) is 14.4. The third-order valence-corrected chi connectivity index (χ3v) is 4.14. The van der Waals surface area contributed by atoms with Crippen LogP contribution in [0, 0.1) is 17.0 Å². The molecular formula is C19H22N2O4. The Morgan fingerprint density at radius 3 is 2.52 bits per heavy atom. The van der Waals surface area contributed by atoms with E-state index in [0.29, 0.717) is 25.0 Å². The Kier molecular flexibility index (Phi) is 6.25. The largest absolute Gasteiger partial charge is 0.374 e. The Morgan fingerprint density at radius 2 is 1.92 bits per heavy atom. The maximum Gasteiger partial charge on any atom is 0.285 e. The zero-order chi connectivity index (χ0) is 18.4. The molecular weight excluding hydrogens is 320 g/mol. The van der Waals surface area contributed by atoms with E-state index in [1.807, 2.05) is 37.3 Å². The Bertz CT molecular complexity index is 760. The number of rotatable bonds is 8. The van der Waals surface area contributed by atoms with Crippen LogP contribution in [-0.4, -0.2) is 16.9 Å². The van der Waals surface area contributed by atoms with Gasteiger partial charge < -0.3 is 10.5 Å². The quantitative estimate of drug-likeness (QED) is 0.586. The second-order valence-electron chi connectivity index (χ2n) is 6.02. The normalized spacial score (nSPS) is 11.9. The van der Waals surface area contributed by atoms with Crippen LogP contribution in [0.4, 0.5) is 5.69 Å². The van der Waals surface area contributed by atoms with Crippen LogP contribution < -0.4 is 5.73 Å². The summed E-state index contributed by atoms with van der Waals surface area (Å²) in [5, 5.41) is 11.4. The average molecular weight is 342 g/mol. The number of nitrogens with zero attached hydrogens (tertiary/aromatic N) is 1. The molecule has 2 N–H and O–H groups in total. The Labute approximate surface area is 146 Å². The number of hydrogen-bond donors (Lipinski definition) is 1. The summed E-state index contributed by atoms with van der Waals surface area (Å²) in [5.74, 6) is -0.790. The Balaban J connectivity index is 2.08. The highest BCUT2D eigenvalue weighted by Gasteiger charge is 2.24. The van der Waals surface area contributed by atoms with Gasteiger partial charge in [-0.1, -0.05) is 36.4 Å². The predicted molar refractivity (Wildman–Crippen MR) is 95.4 cm³/mol. The highest BCUT2D eigenvalue weighted by Crippen LogP contribution is 2.28. The van der Waals surface area contributed by atoms with Crippen molar-refractivity contribution < 1.29 is 14.5 Å². The molecule has 25 heavy (non-hydrogen) atoms. The van der Waals surface area contributed by atoms with Crippen molar-refractivity contribution in [3.05, 3.63) is 74.8 Å². The maximum absolute atomic E-state index is 11.5. The molecule has 2 rings (SSSR count). The number of nitro groups is 1. The minimum atomic E-state index is -0.790. The number of amides is 1. The number of carbonyl (C=O) groups is 1. The van der Waals surface area contributed by atoms with Crippen LogP contribution in [-0.2, 0) is 17.8 Å². The number of aryl methyl sites for hydroxylation is 1. The van der Waals surface area contributed by atoms with Crippen LogP contribution in [0.2, 0.25) is 0 Å². The van der Waals surface area contributed by atoms with E-state index in [2.05, 4.69) is 0 Å². The van der Waals surface area contributed by atoms with Gasteiger partial charge >= 0.3 is 0 Å². The molecule has 0 spiro atoms. The van der Waals surface area contributed by atoms with E-state index in [9.17, 15) is 14.9 Å². The summed E-state index contributed by atoms with van der Waals surface area (Å²) in [6.45, 7) is 4.22. The third-order valence-electron chi connectivity index (χ3n) is 4.14. The van der Waals surface area contributed by atoms with Crippen LogP contribution in [0.1, 0.15) is 40.4 Å². The summed E-state index contributed by atoms with van der Waals surface area (Å²) >= 11 is 0. The van der Waals surface area contributed by atoms with Gasteiger partial charge in [-0.3, -0.25) is 14.9 Å². The molecule has 0 aliphatic carbocycles. The summed E-state index contributed by atoms with van der Waals surface area (Å²) < 4.78 is 5.81. The van der Waals surface area contributed by atoms with Crippen LogP contribution in [0.15, 0.2) is 42.5 Å². The predicted octanol–water partition coefficient (Wildman–Crippen LogP) is 3.54. The average Bonchev–Trinajstić information content (AvgIpc) is 2.59. The van der Waals surface area contributed by atoms with Crippen molar-refractivity contribution in [3.63, 3.8) is 0 Å². The molecule has 6 heteroatoms. The van der Waals surface area contributed by atoms with Crippen molar-refractivity contribution in [2.75, 3.05) is 0 Å². The topological polar surface area (TPSA) is 95.5 Å². The number of nitro benzene ring substituents is 1. The van der Waals surface area contributed by atoms with Crippen molar-refractivity contribution in [3.8, 4) is 0 Å². The van der Waals surface area contributed by atoms with E-state index in [4.69, 9.17) is 10.5 Å². The van der Waals surface area contributed by atoms with Crippen LogP contribution in [0.25, 0.3) is 0 Å². The first kappa shape index (κ1) is 18.6. The summed E-state index contributed by atoms with van der Waals surface area (Å²) in [5.41, 5.74) is 7.41. The van der Waals surface area contributed by atoms with Crippen molar-refractivity contribution in [1.29, 1.82) is 0 Å². The van der Waals surface area contributed by atoms with Crippen LogP contribution in [0.3, 0.4) is 0 Å². The number of hydrogen-bond acceptors (Lipinski definition) is 4. The fourth-order valence-electron chi connectivity index (χ4n) is 2.70. The van der Waals surface area contributed by atoms with Gasteiger partial charge in [0.2, 0.25) is 0 Å². The lowest BCUT2D eigenvalue weighted by atomic mass is 9.96. The van der Waals surface area contributed by atoms with Crippen molar-refractivity contribution >= 4 is 11.6 Å². The molecule has 0 fully saturated rings. The molecule has 0 saturated carbocycles. The first-order valence-electron chi connectivity index (χ1n) is 8.12. The highest BCUT2D eigenvalue weighted by atomic mass is 16.6. The molecule has 132 valence electrons. The lowest BCUT2D eigenvalue weighted by molar-refractivity contribution is -0.385. The summed E-state index contributed by atoms with van der Waals surface area (Å²) in [6.07, 6.45) is 0.979. The van der Waals surface area contributed by atoms with Gasteiger partial charge in [0.15, 0.2) is 0 Å². The lowest BCUT2D eigenvalue weighted by Crippen LogP contribution is -2.16. The van der Waals surface area contributed by atoms with E-state index >= 15 is 0 Å². The number of carbonyl (C=O) groups excluding carboxylic acids is 1. The van der Waals surface area contributed by atoms with E-state index < -0.39 is 10.8 Å². The first-order chi connectivity index (χ1) is 11.9. The molecule has 0 bridgehead atoms. The SMILES string of the molecule is Cc1ccc(C(N)=O)c([N+](=O)[O-])c1CCC(C)OCc1ccccc1.